The molecule has 1 aliphatic heterocycles. The molecule has 144 valence electrons. The topological polar surface area (TPSA) is 58.6 Å². The van der Waals surface area contributed by atoms with E-state index in [-0.39, 0.29) is 24.7 Å². The normalized spacial score (nSPS) is 15.6. The van der Waals surface area contributed by atoms with Crippen LogP contribution in [0.2, 0.25) is 0 Å². The van der Waals surface area contributed by atoms with Gasteiger partial charge in [0.15, 0.2) is 0 Å². The Morgan fingerprint density at radius 3 is 2.50 bits per heavy atom. The number of halogens is 3. The molecule has 1 heterocycles. The first-order valence-electron chi connectivity index (χ1n) is 8.71. The fourth-order valence-electron chi connectivity index (χ4n) is 2.83. The highest BCUT2D eigenvalue weighted by atomic mass is 19.4. The molecule has 1 aliphatic rings. The molecule has 1 aromatic rings. The number of alkyl halides is 3. The number of alkyl carbamates (subject to hydrolysis) is 1. The SMILES string of the molecule is CCCCOC(=O)NC1CCN(C(=O)c2ccccc2C(F)(F)F)CC1. The van der Waals surface area contributed by atoms with Crippen molar-refractivity contribution in [2.24, 2.45) is 0 Å². The molecule has 0 bridgehead atoms. The number of unbranched alkanes of at least 4 members (excludes halogenated alkanes) is 1. The minimum atomic E-state index is -4.58. The van der Waals surface area contributed by atoms with Crippen LogP contribution in [0.4, 0.5) is 18.0 Å². The molecule has 0 atom stereocenters. The van der Waals surface area contributed by atoms with Crippen LogP contribution in [0.3, 0.4) is 0 Å². The van der Waals surface area contributed by atoms with Gasteiger partial charge in [-0.1, -0.05) is 25.5 Å². The summed E-state index contributed by atoms with van der Waals surface area (Å²) in [5.41, 5.74) is -1.27. The van der Waals surface area contributed by atoms with Crippen LogP contribution in [0.25, 0.3) is 0 Å². The van der Waals surface area contributed by atoms with Gasteiger partial charge in [0.25, 0.3) is 5.91 Å². The molecule has 1 N–H and O–H groups in total. The smallest absolute Gasteiger partial charge is 0.417 e. The fraction of sp³-hybridized carbons (Fsp3) is 0.556. The Hall–Kier alpha value is -2.25. The molecule has 26 heavy (non-hydrogen) atoms. The first-order chi connectivity index (χ1) is 12.3. The van der Waals surface area contributed by atoms with Crippen molar-refractivity contribution in [3.05, 3.63) is 35.4 Å². The number of hydrogen-bond acceptors (Lipinski definition) is 3. The molecule has 2 rings (SSSR count). The summed E-state index contributed by atoms with van der Waals surface area (Å²) in [5, 5.41) is 2.73. The number of amides is 2. The third kappa shape index (κ3) is 5.37. The van der Waals surface area contributed by atoms with Crippen LogP contribution in [0.15, 0.2) is 24.3 Å². The Kier molecular flexibility index (Phi) is 6.88. The molecule has 1 fully saturated rings. The summed E-state index contributed by atoms with van der Waals surface area (Å²) in [6.07, 6.45) is -2.41. The van der Waals surface area contributed by atoms with E-state index in [1.54, 1.807) is 0 Å². The Bertz CT molecular complexity index is 626. The van der Waals surface area contributed by atoms with Crippen LogP contribution >= 0.6 is 0 Å². The van der Waals surface area contributed by atoms with Crippen molar-refractivity contribution in [2.45, 2.75) is 44.8 Å². The maximum absolute atomic E-state index is 13.1. The van der Waals surface area contributed by atoms with Crippen LogP contribution in [0, 0.1) is 0 Å². The highest BCUT2D eigenvalue weighted by molar-refractivity contribution is 5.96. The lowest BCUT2D eigenvalue weighted by Crippen LogP contribution is -2.47. The van der Waals surface area contributed by atoms with Gasteiger partial charge in [-0.2, -0.15) is 13.2 Å². The van der Waals surface area contributed by atoms with Crippen molar-refractivity contribution >= 4 is 12.0 Å². The average molecular weight is 372 g/mol. The second-order valence-corrected chi connectivity index (χ2v) is 6.24. The highest BCUT2D eigenvalue weighted by Gasteiger charge is 2.36. The minimum absolute atomic E-state index is 0.147. The van der Waals surface area contributed by atoms with Crippen molar-refractivity contribution in [3.63, 3.8) is 0 Å². The second kappa shape index (κ2) is 8.91. The molecule has 8 heteroatoms. The summed E-state index contributed by atoms with van der Waals surface area (Å²) < 4.78 is 44.3. The summed E-state index contributed by atoms with van der Waals surface area (Å²) in [4.78, 5) is 25.5. The van der Waals surface area contributed by atoms with E-state index in [1.165, 1.54) is 23.1 Å². The van der Waals surface area contributed by atoms with E-state index in [9.17, 15) is 22.8 Å². The molecule has 0 aromatic heterocycles. The predicted molar refractivity (Wildman–Crippen MR) is 89.8 cm³/mol. The maximum atomic E-state index is 13.1. The number of rotatable bonds is 5. The lowest BCUT2D eigenvalue weighted by Gasteiger charge is -2.32. The third-order valence-electron chi connectivity index (χ3n) is 4.30. The average Bonchev–Trinajstić information content (AvgIpc) is 2.61. The summed E-state index contributed by atoms with van der Waals surface area (Å²) in [6.45, 7) is 2.91. The van der Waals surface area contributed by atoms with Gasteiger partial charge in [0.05, 0.1) is 17.7 Å². The van der Waals surface area contributed by atoms with Gasteiger partial charge in [-0.3, -0.25) is 4.79 Å². The molecule has 0 spiro atoms. The zero-order valence-corrected chi connectivity index (χ0v) is 14.6. The fourth-order valence-corrected chi connectivity index (χ4v) is 2.83. The monoisotopic (exact) mass is 372 g/mol. The van der Waals surface area contributed by atoms with Crippen molar-refractivity contribution in [1.29, 1.82) is 0 Å². The number of carbonyl (C=O) groups is 2. The summed E-state index contributed by atoms with van der Waals surface area (Å²) in [7, 11) is 0. The molecule has 0 saturated carbocycles. The molecule has 2 amide bonds. The van der Waals surface area contributed by atoms with E-state index in [1.807, 2.05) is 6.92 Å². The number of ether oxygens (including phenoxy) is 1. The van der Waals surface area contributed by atoms with Gasteiger partial charge in [-0.25, -0.2) is 4.79 Å². The first kappa shape index (κ1) is 20.1. The number of hydrogen-bond donors (Lipinski definition) is 1. The van der Waals surface area contributed by atoms with E-state index >= 15 is 0 Å². The number of carbonyl (C=O) groups excluding carboxylic acids is 2. The Morgan fingerprint density at radius 1 is 1.23 bits per heavy atom. The third-order valence-corrected chi connectivity index (χ3v) is 4.30. The minimum Gasteiger partial charge on any atom is -0.450 e. The summed E-state index contributed by atoms with van der Waals surface area (Å²) >= 11 is 0. The van der Waals surface area contributed by atoms with Gasteiger partial charge in [-0.05, 0) is 31.4 Å². The van der Waals surface area contributed by atoms with Crippen molar-refractivity contribution in [1.82, 2.24) is 10.2 Å². The maximum Gasteiger partial charge on any atom is 0.417 e. The number of nitrogens with zero attached hydrogens (tertiary/aromatic N) is 1. The lowest BCUT2D eigenvalue weighted by atomic mass is 10.0. The van der Waals surface area contributed by atoms with E-state index in [4.69, 9.17) is 4.74 Å². The quantitative estimate of drug-likeness (QED) is 0.799. The molecule has 0 radical (unpaired) electrons. The Balaban J connectivity index is 1.90. The molecule has 0 unspecified atom stereocenters. The predicted octanol–water partition coefficient (Wildman–Crippen LogP) is 3.84. The lowest BCUT2D eigenvalue weighted by molar-refractivity contribution is -0.138. The van der Waals surface area contributed by atoms with Gasteiger partial charge < -0.3 is 15.0 Å². The zero-order valence-electron chi connectivity index (χ0n) is 14.6. The van der Waals surface area contributed by atoms with Crippen LogP contribution < -0.4 is 5.32 Å². The van der Waals surface area contributed by atoms with E-state index < -0.39 is 23.7 Å². The molecular weight excluding hydrogens is 349 g/mol. The molecule has 0 aliphatic carbocycles. The van der Waals surface area contributed by atoms with Crippen LogP contribution in [-0.4, -0.2) is 42.6 Å². The Labute approximate surface area is 150 Å². The summed E-state index contributed by atoms with van der Waals surface area (Å²) in [6, 6.07) is 4.64. The van der Waals surface area contributed by atoms with Gasteiger partial charge in [-0.15, -0.1) is 0 Å². The molecule has 1 saturated heterocycles. The van der Waals surface area contributed by atoms with Crippen molar-refractivity contribution in [3.8, 4) is 0 Å². The van der Waals surface area contributed by atoms with Gasteiger partial charge in [0.2, 0.25) is 0 Å². The van der Waals surface area contributed by atoms with Crippen molar-refractivity contribution in [2.75, 3.05) is 19.7 Å². The molecular formula is C18H23F3N2O3. The van der Waals surface area contributed by atoms with Crippen LogP contribution in [-0.2, 0) is 10.9 Å². The van der Waals surface area contributed by atoms with E-state index in [0.29, 0.717) is 19.4 Å². The van der Waals surface area contributed by atoms with E-state index in [2.05, 4.69) is 5.32 Å². The highest BCUT2D eigenvalue weighted by Crippen LogP contribution is 2.32. The van der Waals surface area contributed by atoms with Crippen LogP contribution in [0.5, 0.6) is 0 Å². The molecule has 5 nitrogen and oxygen atoms in total. The second-order valence-electron chi connectivity index (χ2n) is 6.24. The standard InChI is InChI=1S/C18H23F3N2O3/c1-2-3-12-26-17(25)22-13-8-10-23(11-9-13)16(24)14-6-4-5-7-15(14)18(19,20)21/h4-7,13H,2-3,8-12H2,1H3,(H,22,25). The number of benzene rings is 1. The Morgan fingerprint density at radius 2 is 1.88 bits per heavy atom. The first-order valence-corrected chi connectivity index (χ1v) is 8.71. The van der Waals surface area contributed by atoms with E-state index in [0.717, 1.165) is 18.9 Å². The largest absolute Gasteiger partial charge is 0.450 e. The molecule has 1 aromatic carbocycles. The van der Waals surface area contributed by atoms with Crippen LogP contribution in [0.1, 0.15) is 48.5 Å². The summed E-state index contributed by atoms with van der Waals surface area (Å²) in [5.74, 6) is -0.637. The number of piperidine rings is 1. The van der Waals surface area contributed by atoms with Gasteiger partial charge >= 0.3 is 12.3 Å². The van der Waals surface area contributed by atoms with Crippen molar-refractivity contribution < 1.29 is 27.5 Å². The van der Waals surface area contributed by atoms with Gasteiger partial charge in [0, 0.05) is 19.1 Å². The zero-order chi connectivity index (χ0) is 19.2. The number of likely N-dealkylation sites (tertiary alicyclic amines) is 1. The number of nitrogens with one attached hydrogen (secondary N) is 1. The van der Waals surface area contributed by atoms with Gasteiger partial charge in [0.1, 0.15) is 0 Å².